The zero-order chi connectivity index (χ0) is 17.0. The van der Waals surface area contributed by atoms with Crippen molar-refractivity contribution in [3.63, 3.8) is 0 Å². The van der Waals surface area contributed by atoms with Gasteiger partial charge < -0.3 is 4.90 Å². The summed E-state index contributed by atoms with van der Waals surface area (Å²) in [6.45, 7) is 0.287. The first-order valence-electron chi connectivity index (χ1n) is 6.75. The number of carbonyl (C=O) groups is 1. The molecular weight excluding hydrogens is 357 g/mol. The van der Waals surface area contributed by atoms with Crippen LogP contribution in [0.4, 0.5) is 0 Å². The Balaban J connectivity index is 2.06. The van der Waals surface area contributed by atoms with Crippen LogP contribution in [-0.4, -0.2) is 32.0 Å². The van der Waals surface area contributed by atoms with Crippen LogP contribution in [0, 0.1) is 0 Å². The highest BCUT2D eigenvalue weighted by Crippen LogP contribution is 2.17. The van der Waals surface area contributed by atoms with Gasteiger partial charge in [0.15, 0.2) is 9.84 Å². The van der Waals surface area contributed by atoms with Crippen molar-refractivity contribution >= 4 is 38.9 Å². The fourth-order valence-electron chi connectivity index (χ4n) is 2.00. The molecule has 0 heterocycles. The topological polar surface area (TPSA) is 54.5 Å². The van der Waals surface area contributed by atoms with Crippen LogP contribution in [0.25, 0.3) is 0 Å². The molecule has 1 amide bonds. The molecule has 2 rings (SSSR count). The van der Waals surface area contributed by atoms with E-state index in [9.17, 15) is 13.2 Å². The molecule has 0 bridgehead atoms. The minimum absolute atomic E-state index is 0.0754. The predicted octanol–water partition coefficient (Wildman–Crippen LogP) is 3.43. The van der Waals surface area contributed by atoms with Crippen LogP contribution in [0.15, 0.2) is 53.4 Å². The maximum atomic E-state index is 12.3. The largest absolute Gasteiger partial charge is 0.341 e. The number of hydrogen-bond donors (Lipinski definition) is 0. The molecule has 7 heteroatoms. The SMILES string of the molecule is CN(Cc1cccc(Cl)c1)C(=O)CS(=O)(=O)c1ccc(Cl)cc1. The zero-order valence-electron chi connectivity index (χ0n) is 12.4. The van der Waals surface area contributed by atoms with Gasteiger partial charge in [0.25, 0.3) is 0 Å². The molecule has 4 nitrogen and oxygen atoms in total. The predicted molar refractivity (Wildman–Crippen MR) is 91.4 cm³/mol. The Bertz CT molecular complexity index is 804. The highest BCUT2D eigenvalue weighted by molar-refractivity contribution is 7.92. The smallest absolute Gasteiger partial charge is 0.238 e. The first-order valence-corrected chi connectivity index (χ1v) is 9.15. The molecule has 0 N–H and O–H groups in total. The van der Waals surface area contributed by atoms with E-state index in [4.69, 9.17) is 23.2 Å². The van der Waals surface area contributed by atoms with Crippen molar-refractivity contribution in [3.8, 4) is 0 Å². The molecule has 23 heavy (non-hydrogen) atoms. The molecule has 0 spiro atoms. The summed E-state index contributed by atoms with van der Waals surface area (Å²) in [5.41, 5.74) is 0.831. The second-order valence-electron chi connectivity index (χ2n) is 5.09. The minimum atomic E-state index is -3.70. The van der Waals surface area contributed by atoms with Crippen LogP contribution in [0.2, 0.25) is 10.0 Å². The van der Waals surface area contributed by atoms with E-state index in [1.165, 1.54) is 29.2 Å². The molecule has 2 aromatic carbocycles. The molecule has 0 atom stereocenters. The summed E-state index contributed by atoms with van der Waals surface area (Å²) >= 11 is 11.6. The number of carbonyl (C=O) groups excluding carboxylic acids is 1. The molecule has 0 aliphatic heterocycles. The van der Waals surface area contributed by atoms with E-state index in [2.05, 4.69) is 0 Å². The van der Waals surface area contributed by atoms with Gasteiger partial charge in [0, 0.05) is 23.6 Å². The summed E-state index contributed by atoms with van der Waals surface area (Å²) in [6, 6.07) is 12.8. The van der Waals surface area contributed by atoms with Crippen molar-refractivity contribution in [3.05, 3.63) is 64.1 Å². The van der Waals surface area contributed by atoms with Crippen LogP contribution in [-0.2, 0) is 21.2 Å². The van der Waals surface area contributed by atoms with Gasteiger partial charge in [-0.15, -0.1) is 0 Å². The summed E-state index contributed by atoms with van der Waals surface area (Å²) in [5.74, 6) is -1.08. The number of benzene rings is 2. The zero-order valence-corrected chi connectivity index (χ0v) is 14.7. The van der Waals surface area contributed by atoms with E-state index < -0.39 is 21.5 Å². The van der Waals surface area contributed by atoms with Crippen molar-refractivity contribution in [2.75, 3.05) is 12.8 Å². The van der Waals surface area contributed by atoms with E-state index in [0.29, 0.717) is 10.0 Å². The Hall–Kier alpha value is -1.56. The maximum Gasteiger partial charge on any atom is 0.238 e. The monoisotopic (exact) mass is 371 g/mol. The Labute approximate surface area is 145 Å². The summed E-state index contributed by atoms with van der Waals surface area (Å²) < 4.78 is 24.5. The maximum absolute atomic E-state index is 12.3. The van der Waals surface area contributed by atoms with E-state index >= 15 is 0 Å². The molecule has 0 unspecified atom stereocenters. The number of nitrogens with zero attached hydrogens (tertiary/aromatic N) is 1. The lowest BCUT2D eigenvalue weighted by atomic mass is 10.2. The van der Waals surface area contributed by atoms with Crippen LogP contribution >= 0.6 is 23.2 Å². The van der Waals surface area contributed by atoms with Crippen LogP contribution in [0.1, 0.15) is 5.56 Å². The summed E-state index contributed by atoms with van der Waals surface area (Å²) in [6.07, 6.45) is 0. The normalized spacial score (nSPS) is 11.3. The van der Waals surface area contributed by atoms with Gasteiger partial charge in [0.2, 0.25) is 5.91 Å². The molecule has 0 fully saturated rings. The summed E-state index contributed by atoms with van der Waals surface area (Å²) in [7, 11) is -2.14. The fraction of sp³-hybridized carbons (Fsp3) is 0.188. The van der Waals surface area contributed by atoms with Crippen molar-refractivity contribution in [2.45, 2.75) is 11.4 Å². The van der Waals surface area contributed by atoms with E-state index in [1.807, 2.05) is 6.07 Å². The van der Waals surface area contributed by atoms with Crippen molar-refractivity contribution in [2.24, 2.45) is 0 Å². The van der Waals surface area contributed by atoms with Crippen LogP contribution < -0.4 is 0 Å². The van der Waals surface area contributed by atoms with Gasteiger partial charge in [-0.25, -0.2) is 8.42 Å². The summed E-state index contributed by atoms with van der Waals surface area (Å²) in [4.78, 5) is 13.6. The highest BCUT2D eigenvalue weighted by atomic mass is 35.5. The fourth-order valence-corrected chi connectivity index (χ4v) is 3.60. The number of hydrogen-bond acceptors (Lipinski definition) is 3. The number of rotatable bonds is 5. The Kier molecular flexibility index (Phi) is 5.68. The van der Waals surface area contributed by atoms with Crippen LogP contribution in [0.5, 0.6) is 0 Å². The third kappa shape index (κ3) is 4.96. The Morgan fingerprint density at radius 2 is 1.70 bits per heavy atom. The van der Waals surface area contributed by atoms with E-state index in [-0.39, 0.29) is 11.4 Å². The number of amides is 1. The second kappa shape index (κ2) is 7.34. The van der Waals surface area contributed by atoms with Gasteiger partial charge in [0.1, 0.15) is 5.75 Å². The molecule has 0 aromatic heterocycles. The quantitative estimate of drug-likeness (QED) is 0.808. The third-order valence-electron chi connectivity index (χ3n) is 3.22. The van der Waals surface area contributed by atoms with Gasteiger partial charge in [-0.1, -0.05) is 35.3 Å². The molecule has 0 radical (unpaired) electrons. The molecule has 0 saturated heterocycles. The standard InChI is InChI=1S/C16H15Cl2NO3S/c1-19(10-12-3-2-4-14(18)9-12)16(20)11-23(21,22)15-7-5-13(17)6-8-15/h2-9H,10-11H2,1H3. The third-order valence-corrected chi connectivity index (χ3v) is 5.33. The minimum Gasteiger partial charge on any atom is -0.341 e. The Morgan fingerprint density at radius 1 is 1.04 bits per heavy atom. The van der Waals surface area contributed by atoms with Crippen molar-refractivity contribution in [1.82, 2.24) is 4.90 Å². The summed E-state index contributed by atoms with van der Waals surface area (Å²) in [5, 5.41) is 1.01. The van der Waals surface area contributed by atoms with Crippen molar-refractivity contribution in [1.29, 1.82) is 0 Å². The molecule has 122 valence electrons. The molecular formula is C16H15Cl2NO3S. The number of halogens is 2. The van der Waals surface area contributed by atoms with Gasteiger partial charge in [-0.2, -0.15) is 0 Å². The van der Waals surface area contributed by atoms with Gasteiger partial charge in [-0.05, 0) is 42.0 Å². The highest BCUT2D eigenvalue weighted by Gasteiger charge is 2.21. The average molecular weight is 372 g/mol. The lowest BCUT2D eigenvalue weighted by Crippen LogP contribution is -2.32. The van der Waals surface area contributed by atoms with Crippen LogP contribution in [0.3, 0.4) is 0 Å². The lowest BCUT2D eigenvalue weighted by Gasteiger charge is -2.17. The lowest BCUT2D eigenvalue weighted by molar-refractivity contribution is -0.127. The molecule has 0 aliphatic carbocycles. The second-order valence-corrected chi connectivity index (χ2v) is 7.96. The first-order chi connectivity index (χ1) is 10.8. The molecule has 0 aliphatic rings. The van der Waals surface area contributed by atoms with E-state index in [1.54, 1.807) is 25.2 Å². The molecule has 2 aromatic rings. The van der Waals surface area contributed by atoms with Crippen molar-refractivity contribution < 1.29 is 13.2 Å². The van der Waals surface area contributed by atoms with Gasteiger partial charge in [-0.3, -0.25) is 4.79 Å². The van der Waals surface area contributed by atoms with Gasteiger partial charge in [0.05, 0.1) is 4.90 Å². The molecule has 0 saturated carbocycles. The average Bonchev–Trinajstić information content (AvgIpc) is 2.47. The number of sulfone groups is 1. The Morgan fingerprint density at radius 3 is 2.30 bits per heavy atom. The van der Waals surface area contributed by atoms with E-state index in [0.717, 1.165) is 5.56 Å². The van der Waals surface area contributed by atoms with Gasteiger partial charge >= 0.3 is 0 Å². The first kappa shape index (κ1) is 17.8.